The maximum absolute atomic E-state index is 13.1. The molecular formula is C29H35F3N6O. The lowest BCUT2D eigenvalue weighted by atomic mass is 9.97. The van der Waals surface area contributed by atoms with Gasteiger partial charge < -0.3 is 15.1 Å². The topological polar surface area (TPSA) is 64.6 Å². The van der Waals surface area contributed by atoms with Gasteiger partial charge >= 0.3 is 6.18 Å². The highest BCUT2D eigenvalue weighted by molar-refractivity contribution is 5.72. The summed E-state index contributed by atoms with van der Waals surface area (Å²) in [5.41, 5.74) is 5.66. The van der Waals surface area contributed by atoms with Gasteiger partial charge in [0.1, 0.15) is 6.33 Å². The Balaban J connectivity index is 0.000000186. The summed E-state index contributed by atoms with van der Waals surface area (Å²) in [7, 11) is 2.03. The molecule has 208 valence electrons. The second kappa shape index (κ2) is 12.6. The maximum atomic E-state index is 13.1. The zero-order valence-corrected chi connectivity index (χ0v) is 22.6. The van der Waals surface area contributed by atoms with E-state index >= 15 is 0 Å². The molecule has 2 aromatic carbocycles. The lowest BCUT2D eigenvalue weighted by molar-refractivity contribution is -0.138. The number of aromatic nitrogens is 2. The Kier molecular flexibility index (Phi) is 9.19. The summed E-state index contributed by atoms with van der Waals surface area (Å²) in [6, 6.07) is 9.34. The largest absolute Gasteiger partial charge is 0.416 e. The fourth-order valence-corrected chi connectivity index (χ4v) is 4.99. The lowest BCUT2D eigenvalue weighted by Crippen LogP contribution is -2.44. The van der Waals surface area contributed by atoms with Crippen molar-refractivity contribution in [3.05, 3.63) is 82.4 Å². The van der Waals surface area contributed by atoms with Gasteiger partial charge in [-0.25, -0.2) is 9.97 Å². The molecule has 0 aliphatic carbocycles. The molecule has 39 heavy (non-hydrogen) atoms. The monoisotopic (exact) mass is 540 g/mol. The van der Waals surface area contributed by atoms with E-state index in [0.29, 0.717) is 18.5 Å². The molecule has 3 heterocycles. The van der Waals surface area contributed by atoms with Crippen LogP contribution in [0.1, 0.15) is 33.4 Å². The van der Waals surface area contributed by atoms with Crippen LogP contribution in [0.4, 0.5) is 24.5 Å². The minimum absolute atomic E-state index is 0.178. The SMILES string of the molecule is Cc1c(CN2CCN(C)CC2)cc(NC=O)cc1C(F)(F)F.Cc1ccc2c(c1)CN(c1cncnc1)CC2. The van der Waals surface area contributed by atoms with Crippen molar-refractivity contribution in [2.75, 3.05) is 50.0 Å². The summed E-state index contributed by atoms with van der Waals surface area (Å²) in [4.78, 5) is 25.4. The molecular weight excluding hydrogens is 505 g/mol. The van der Waals surface area contributed by atoms with Gasteiger partial charge in [0.05, 0.1) is 23.6 Å². The highest BCUT2D eigenvalue weighted by atomic mass is 19.4. The van der Waals surface area contributed by atoms with Crippen molar-refractivity contribution in [3.8, 4) is 0 Å². The minimum Gasteiger partial charge on any atom is -0.364 e. The van der Waals surface area contributed by atoms with Crippen LogP contribution in [0.3, 0.4) is 0 Å². The Morgan fingerprint density at radius 2 is 1.69 bits per heavy atom. The average molecular weight is 541 g/mol. The second-order valence-electron chi connectivity index (χ2n) is 10.2. The van der Waals surface area contributed by atoms with Crippen molar-refractivity contribution >= 4 is 17.8 Å². The smallest absolute Gasteiger partial charge is 0.364 e. The molecule has 5 rings (SSSR count). The number of nitrogens with one attached hydrogen (secondary N) is 1. The third-order valence-corrected chi connectivity index (χ3v) is 7.32. The van der Waals surface area contributed by atoms with Crippen LogP contribution >= 0.6 is 0 Å². The number of hydrogen-bond donors (Lipinski definition) is 1. The molecule has 1 fully saturated rings. The highest BCUT2D eigenvalue weighted by Gasteiger charge is 2.34. The first-order valence-corrected chi connectivity index (χ1v) is 13.0. The third kappa shape index (κ3) is 7.54. The number of likely N-dealkylation sites (N-methyl/N-ethyl adjacent to an activating group) is 1. The Labute approximate surface area is 227 Å². The summed E-state index contributed by atoms with van der Waals surface area (Å²) in [5.74, 6) is 0. The number of carbonyl (C=O) groups excluding carboxylic acids is 1. The molecule has 0 radical (unpaired) electrons. The lowest BCUT2D eigenvalue weighted by Gasteiger charge is -2.33. The van der Waals surface area contributed by atoms with Crippen LogP contribution in [0, 0.1) is 13.8 Å². The van der Waals surface area contributed by atoms with Gasteiger partial charge in [-0.05, 0) is 61.7 Å². The van der Waals surface area contributed by atoms with E-state index in [1.54, 1.807) is 12.4 Å². The van der Waals surface area contributed by atoms with Crippen LogP contribution in [0.2, 0.25) is 0 Å². The first-order valence-electron chi connectivity index (χ1n) is 13.0. The summed E-state index contributed by atoms with van der Waals surface area (Å²) in [6.07, 6.45) is 2.41. The summed E-state index contributed by atoms with van der Waals surface area (Å²) < 4.78 is 39.4. The summed E-state index contributed by atoms with van der Waals surface area (Å²) in [5, 5.41) is 2.32. The molecule has 0 atom stereocenters. The number of aryl methyl sites for hydroxylation is 1. The van der Waals surface area contributed by atoms with Crippen molar-refractivity contribution in [2.24, 2.45) is 0 Å². The Bertz CT molecular complexity index is 1260. The molecule has 0 unspecified atom stereocenters. The fourth-order valence-electron chi connectivity index (χ4n) is 4.99. The average Bonchev–Trinajstić information content (AvgIpc) is 2.91. The van der Waals surface area contributed by atoms with E-state index in [2.05, 4.69) is 55.1 Å². The van der Waals surface area contributed by atoms with Gasteiger partial charge in [0.15, 0.2) is 0 Å². The van der Waals surface area contributed by atoms with Gasteiger partial charge in [-0.3, -0.25) is 9.69 Å². The normalized spacial score (nSPS) is 16.2. The number of amides is 1. The van der Waals surface area contributed by atoms with Gasteiger partial charge in [0.2, 0.25) is 6.41 Å². The van der Waals surface area contributed by atoms with Gasteiger partial charge in [0, 0.05) is 51.5 Å². The van der Waals surface area contributed by atoms with Crippen LogP contribution in [0.25, 0.3) is 0 Å². The number of anilines is 2. The molecule has 0 saturated carbocycles. The molecule has 7 nitrogen and oxygen atoms in total. The molecule has 1 amide bonds. The van der Waals surface area contributed by atoms with Gasteiger partial charge in [-0.2, -0.15) is 13.2 Å². The molecule has 0 spiro atoms. The van der Waals surface area contributed by atoms with Crippen LogP contribution in [-0.4, -0.2) is 65.9 Å². The highest BCUT2D eigenvalue weighted by Crippen LogP contribution is 2.35. The number of carbonyl (C=O) groups is 1. The van der Waals surface area contributed by atoms with Crippen molar-refractivity contribution in [3.63, 3.8) is 0 Å². The van der Waals surface area contributed by atoms with Crippen molar-refractivity contribution in [2.45, 2.75) is 39.5 Å². The standard InChI is InChI=1S/C15H20F3N3O.C14H15N3/c1-11-12(9-21-5-3-20(2)4-6-21)7-13(19-10-22)8-14(11)15(16,17)18;1-11-2-3-12-4-5-17(9-13(12)6-11)14-7-15-10-16-8-14/h7-8,10H,3-6,9H2,1-2H3,(H,19,22);2-3,6-8,10H,4-5,9H2,1H3. The van der Waals surface area contributed by atoms with Crippen LogP contribution in [-0.2, 0) is 30.5 Å². The number of rotatable bonds is 5. The number of benzene rings is 2. The van der Waals surface area contributed by atoms with E-state index in [0.717, 1.165) is 57.4 Å². The van der Waals surface area contributed by atoms with Crippen molar-refractivity contribution in [1.29, 1.82) is 0 Å². The molecule has 3 aromatic rings. The number of hydrogen-bond acceptors (Lipinski definition) is 6. The molecule has 2 aliphatic rings. The molecule has 1 N–H and O–H groups in total. The predicted molar refractivity (Wildman–Crippen MR) is 147 cm³/mol. The van der Waals surface area contributed by atoms with Crippen LogP contribution < -0.4 is 10.2 Å². The molecule has 2 aliphatic heterocycles. The zero-order chi connectivity index (χ0) is 28.0. The number of piperazine rings is 1. The maximum Gasteiger partial charge on any atom is 0.416 e. The Hall–Kier alpha value is -3.50. The fraction of sp³-hybridized carbons (Fsp3) is 0.414. The van der Waals surface area contributed by atoms with Crippen LogP contribution in [0.5, 0.6) is 0 Å². The van der Waals surface area contributed by atoms with Crippen LogP contribution in [0.15, 0.2) is 49.1 Å². The van der Waals surface area contributed by atoms with E-state index < -0.39 is 11.7 Å². The predicted octanol–water partition coefficient (Wildman–Crippen LogP) is 4.68. The molecule has 0 bridgehead atoms. The van der Waals surface area contributed by atoms with E-state index in [1.165, 1.54) is 23.6 Å². The van der Waals surface area contributed by atoms with Crippen molar-refractivity contribution in [1.82, 2.24) is 19.8 Å². The summed E-state index contributed by atoms with van der Waals surface area (Å²) in [6.45, 7) is 9.54. The first-order chi connectivity index (χ1) is 18.6. The van der Waals surface area contributed by atoms with E-state index in [9.17, 15) is 18.0 Å². The molecule has 10 heteroatoms. The van der Waals surface area contributed by atoms with E-state index in [4.69, 9.17) is 0 Å². The van der Waals surface area contributed by atoms with Gasteiger partial charge in [-0.15, -0.1) is 0 Å². The number of alkyl halides is 3. The Morgan fingerprint density at radius 1 is 0.974 bits per heavy atom. The van der Waals surface area contributed by atoms with Gasteiger partial charge in [0.25, 0.3) is 0 Å². The van der Waals surface area contributed by atoms with Gasteiger partial charge in [-0.1, -0.05) is 23.8 Å². The number of halogens is 3. The molecule has 1 saturated heterocycles. The second-order valence-corrected chi connectivity index (χ2v) is 10.2. The first kappa shape index (κ1) is 28.5. The Morgan fingerprint density at radius 3 is 2.36 bits per heavy atom. The summed E-state index contributed by atoms with van der Waals surface area (Å²) >= 11 is 0. The minimum atomic E-state index is -4.43. The number of nitrogens with zero attached hydrogens (tertiary/aromatic N) is 5. The van der Waals surface area contributed by atoms with Crippen molar-refractivity contribution < 1.29 is 18.0 Å². The third-order valence-electron chi connectivity index (χ3n) is 7.32. The van der Waals surface area contributed by atoms with E-state index in [-0.39, 0.29) is 11.3 Å². The molecule has 1 aromatic heterocycles. The zero-order valence-electron chi connectivity index (χ0n) is 22.6. The number of fused-ring (bicyclic) bond motifs is 1. The quantitative estimate of drug-likeness (QED) is 0.475. The van der Waals surface area contributed by atoms with E-state index in [1.807, 2.05) is 19.4 Å².